The smallest absolute Gasteiger partial charge is 0.326 e. The highest BCUT2D eigenvalue weighted by molar-refractivity contribution is 7.93. The second-order valence-electron chi connectivity index (χ2n) is 7.94. The van der Waals surface area contributed by atoms with Crippen molar-refractivity contribution in [1.29, 1.82) is 0 Å². The molecule has 0 bridgehead atoms. The number of aromatic nitrogens is 2. The fourth-order valence-electron chi connectivity index (χ4n) is 3.60. The van der Waals surface area contributed by atoms with Crippen molar-refractivity contribution in [2.24, 2.45) is 0 Å². The van der Waals surface area contributed by atoms with Crippen LogP contribution in [-0.2, 0) is 14.8 Å². The molecule has 0 spiro atoms. The lowest BCUT2D eigenvalue weighted by molar-refractivity contribution is -0.139. The highest BCUT2D eigenvalue weighted by atomic mass is 35.5. The van der Waals surface area contributed by atoms with Crippen molar-refractivity contribution in [2.75, 3.05) is 4.72 Å². The van der Waals surface area contributed by atoms with Gasteiger partial charge in [-0.2, -0.15) is 8.75 Å². The van der Waals surface area contributed by atoms with Gasteiger partial charge in [0.15, 0.2) is 0 Å². The monoisotopic (exact) mass is 598 g/mol. The molecule has 0 aliphatic heterocycles. The van der Waals surface area contributed by atoms with Gasteiger partial charge in [0, 0.05) is 10.9 Å². The molecule has 1 aromatic heterocycles. The standard InChI is InChI=1S/C23H17Cl3N4O5S2/c1-11(12-5-8-15(25)16(26)9-12)20(23(32)33)27-22(31)14-7-6-13(24)10-18(14)30-37(34,35)19-4-2-3-17-21(19)29-36-28-17/h2-11,20,30H,1H3,(H,27,31)(H,32,33)/t11-,20?/m1/s1. The normalized spacial score (nSPS) is 13.2. The third kappa shape index (κ3) is 5.81. The van der Waals surface area contributed by atoms with Crippen LogP contribution in [0.1, 0.15) is 28.8 Å². The van der Waals surface area contributed by atoms with E-state index >= 15 is 0 Å². The maximum atomic E-state index is 13.2. The number of amides is 1. The first kappa shape index (κ1) is 27.1. The summed E-state index contributed by atoms with van der Waals surface area (Å²) in [6.45, 7) is 1.60. The molecule has 0 aliphatic carbocycles. The Bertz CT molecular complexity index is 1630. The third-order valence-corrected chi connectivity index (χ3v) is 8.44. The lowest BCUT2D eigenvalue weighted by atomic mass is 9.93. The van der Waals surface area contributed by atoms with E-state index in [4.69, 9.17) is 34.8 Å². The zero-order chi connectivity index (χ0) is 26.9. The van der Waals surface area contributed by atoms with E-state index in [1.807, 2.05) is 0 Å². The number of halogens is 3. The van der Waals surface area contributed by atoms with Crippen molar-refractivity contribution < 1.29 is 23.1 Å². The quantitative estimate of drug-likeness (QED) is 0.245. The second-order valence-corrected chi connectivity index (χ2v) is 11.4. The van der Waals surface area contributed by atoms with Gasteiger partial charge in [0.2, 0.25) is 0 Å². The van der Waals surface area contributed by atoms with Crippen LogP contribution in [0.15, 0.2) is 59.5 Å². The van der Waals surface area contributed by atoms with Crippen LogP contribution in [0, 0.1) is 0 Å². The lowest BCUT2D eigenvalue weighted by Gasteiger charge is -2.23. The molecule has 0 saturated heterocycles. The fraction of sp³-hybridized carbons (Fsp3) is 0.130. The maximum Gasteiger partial charge on any atom is 0.326 e. The van der Waals surface area contributed by atoms with Crippen LogP contribution in [0.3, 0.4) is 0 Å². The van der Waals surface area contributed by atoms with Crippen LogP contribution in [0.5, 0.6) is 0 Å². The van der Waals surface area contributed by atoms with Crippen LogP contribution in [0.4, 0.5) is 5.69 Å². The highest BCUT2D eigenvalue weighted by Crippen LogP contribution is 2.30. The number of rotatable bonds is 8. The molecule has 0 saturated carbocycles. The Labute approximate surface area is 230 Å². The number of nitrogens with zero attached hydrogens (tertiary/aromatic N) is 2. The Balaban J connectivity index is 1.65. The van der Waals surface area contributed by atoms with Crippen LogP contribution < -0.4 is 10.0 Å². The fourth-order valence-corrected chi connectivity index (χ4v) is 5.92. The van der Waals surface area contributed by atoms with Gasteiger partial charge in [-0.3, -0.25) is 9.52 Å². The molecular weight excluding hydrogens is 583 g/mol. The first-order valence-corrected chi connectivity index (χ1v) is 13.8. The molecule has 14 heteroatoms. The van der Waals surface area contributed by atoms with E-state index in [9.17, 15) is 23.1 Å². The molecule has 3 N–H and O–H groups in total. The first-order valence-electron chi connectivity index (χ1n) is 10.5. The molecule has 3 aromatic carbocycles. The minimum Gasteiger partial charge on any atom is -0.480 e. The van der Waals surface area contributed by atoms with E-state index in [0.29, 0.717) is 16.1 Å². The molecule has 0 aliphatic rings. The molecule has 2 atom stereocenters. The van der Waals surface area contributed by atoms with Crippen molar-refractivity contribution in [3.8, 4) is 0 Å². The van der Waals surface area contributed by atoms with Gasteiger partial charge in [0.1, 0.15) is 22.0 Å². The summed E-state index contributed by atoms with van der Waals surface area (Å²) in [6.07, 6.45) is 0. The van der Waals surface area contributed by atoms with Crippen molar-refractivity contribution in [1.82, 2.24) is 14.1 Å². The number of fused-ring (bicyclic) bond motifs is 1. The van der Waals surface area contributed by atoms with Gasteiger partial charge in [-0.25, -0.2) is 13.2 Å². The van der Waals surface area contributed by atoms with Crippen molar-refractivity contribution in [2.45, 2.75) is 23.8 Å². The maximum absolute atomic E-state index is 13.2. The Morgan fingerprint density at radius 3 is 2.46 bits per heavy atom. The number of nitrogens with one attached hydrogen (secondary N) is 2. The number of aliphatic carboxylic acids is 1. The SMILES string of the molecule is C[C@H](c1ccc(Cl)c(Cl)c1)C(NC(=O)c1ccc(Cl)cc1NS(=O)(=O)c1cccc2nsnc12)C(=O)O. The van der Waals surface area contributed by atoms with Crippen molar-refractivity contribution in [3.05, 3.63) is 80.8 Å². The number of carbonyl (C=O) groups excluding carboxylic acids is 1. The summed E-state index contributed by atoms with van der Waals surface area (Å²) in [5.74, 6) is -2.84. The lowest BCUT2D eigenvalue weighted by Crippen LogP contribution is -2.44. The number of hydrogen-bond acceptors (Lipinski definition) is 7. The van der Waals surface area contributed by atoms with E-state index in [0.717, 1.165) is 11.7 Å². The molecule has 0 radical (unpaired) electrons. The Morgan fingerprint density at radius 2 is 1.76 bits per heavy atom. The molecule has 1 unspecified atom stereocenters. The molecule has 4 rings (SSSR count). The van der Waals surface area contributed by atoms with Crippen molar-refractivity contribution >= 4 is 85.2 Å². The van der Waals surface area contributed by atoms with Gasteiger partial charge in [0.25, 0.3) is 15.9 Å². The number of sulfonamides is 1. The number of hydrogen-bond donors (Lipinski definition) is 3. The summed E-state index contributed by atoms with van der Waals surface area (Å²) in [5, 5.41) is 13.0. The molecule has 0 fully saturated rings. The third-order valence-electron chi connectivity index (χ3n) is 5.53. The topological polar surface area (TPSA) is 138 Å². The van der Waals surface area contributed by atoms with Gasteiger partial charge in [-0.1, -0.05) is 53.9 Å². The summed E-state index contributed by atoms with van der Waals surface area (Å²) in [6, 6.07) is 11.7. The zero-order valence-corrected chi connectivity index (χ0v) is 22.7. The van der Waals surface area contributed by atoms with Crippen LogP contribution in [-0.4, -0.2) is 40.2 Å². The van der Waals surface area contributed by atoms with E-state index in [1.54, 1.807) is 19.1 Å². The van der Waals surface area contributed by atoms with Crippen LogP contribution in [0.2, 0.25) is 15.1 Å². The summed E-state index contributed by atoms with van der Waals surface area (Å²) in [4.78, 5) is 25.2. The van der Waals surface area contributed by atoms with Gasteiger partial charge in [0.05, 0.1) is 33.0 Å². The van der Waals surface area contributed by atoms with E-state index in [-0.39, 0.29) is 31.7 Å². The Morgan fingerprint density at radius 1 is 1.00 bits per heavy atom. The molecule has 9 nitrogen and oxygen atoms in total. The van der Waals surface area contributed by atoms with Gasteiger partial charge < -0.3 is 10.4 Å². The number of carboxylic acid groups (broad SMARTS) is 1. The molecule has 192 valence electrons. The van der Waals surface area contributed by atoms with E-state index in [1.165, 1.54) is 42.5 Å². The van der Waals surface area contributed by atoms with Crippen LogP contribution >= 0.6 is 46.5 Å². The first-order chi connectivity index (χ1) is 17.5. The van der Waals surface area contributed by atoms with Gasteiger partial charge in [-0.15, -0.1) is 0 Å². The summed E-state index contributed by atoms with van der Waals surface area (Å²) >= 11 is 19.0. The number of benzene rings is 3. The largest absolute Gasteiger partial charge is 0.480 e. The van der Waals surface area contributed by atoms with Crippen LogP contribution in [0.25, 0.3) is 11.0 Å². The Kier molecular flexibility index (Phi) is 7.91. The summed E-state index contributed by atoms with van der Waals surface area (Å²) in [5.41, 5.74) is 0.830. The average Bonchev–Trinajstić information content (AvgIpc) is 3.32. The Hall–Kier alpha value is -2.96. The van der Waals surface area contributed by atoms with Crippen molar-refractivity contribution in [3.63, 3.8) is 0 Å². The van der Waals surface area contributed by atoms with Gasteiger partial charge in [-0.05, 0) is 48.0 Å². The molecule has 1 heterocycles. The number of carbonyl (C=O) groups is 2. The molecule has 4 aromatic rings. The average molecular weight is 600 g/mol. The second kappa shape index (κ2) is 10.8. The van der Waals surface area contributed by atoms with E-state index < -0.39 is 33.9 Å². The van der Waals surface area contributed by atoms with Gasteiger partial charge >= 0.3 is 5.97 Å². The summed E-state index contributed by atoms with van der Waals surface area (Å²) < 4.78 is 36.9. The minimum absolute atomic E-state index is 0.135. The summed E-state index contributed by atoms with van der Waals surface area (Å²) in [7, 11) is -4.22. The highest BCUT2D eigenvalue weighted by Gasteiger charge is 2.30. The number of carboxylic acids is 1. The van der Waals surface area contributed by atoms with E-state index in [2.05, 4.69) is 18.8 Å². The predicted molar refractivity (Wildman–Crippen MR) is 143 cm³/mol. The zero-order valence-electron chi connectivity index (χ0n) is 18.8. The molecule has 1 amide bonds. The number of anilines is 1. The molecule has 37 heavy (non-hydrogen) atoms. The predicted octanol–water partition coefficient (Wildman–Crippen LogP) is 5.44. The minimum atomic E-state index is -4.22. The molecular formula is C23H17Cl3N4O5S2.